The van der Waals surface area contributed by atoms with Crippen molar-refractivity contribution < 1.29 is 9.90 Å². The van der Waals surface area contributed by atoms with Crippen molar-refractivity contribution in [3.05, 3.63) is 35.4 Å². The van der Waals surface area contributed by atoms with Gasteiger partial charge in [0.25, 0.3) is 5.91 Å². The lowest BCUT2D eigenvalue weighted by Crippen LogP contribution is -2.33. The molecule has 0 saturated carbocycles. The minimum atomic E-state index is -0.107. The fraction of sp³-hybridized carbons (Fsp3) is 0.588. The molecular weight excluding hydrogens is 320 g/mol. The first-order valence-corrected chi connectivity index (χ1v) is 8.63. The lowest BCUT2D eigenvalue weighted by molar-refractivity contribution is 0.0954. The Hall–Kier alpha value is -1.55. The Kier molecular flexibility index (Phi) is 16.2. The van der Waals surface area contributed by atoms with Gasteiger partial charge in [0.05, 0.1) is 6.61 Å². The van der Waals surface area contributed by atoms with E-state index in [9.17, 15) is 4.79 Å². The number of carbonyl (C=O) groups excluding carboxylic acids is 1. The van der Waals surface area contributed by atoms with Crippen LogP contribution >= 0.6 is 0 Å². The number of rotatable bonds is 12. The van der Waals surface area contributed by atoms with E-state index in [1.165, 1.54) is 0 Å². The number of likely N-dealkylation sites (N-methyl/N-ethyl adjacent to an activating group) is 1. The molecule has 0 radical (unpaired) electrons. The van der Waals surface area contributed by atoms with Crippen molar-refractivity contribution in [1.29, 1.82) is 0 Å². The van der Waals surface area contributed by atoms with Crippen molar-refractivity contribution >= 4 is 5.91 Å². The van der Waals surface area contributed by atoms with Gasteiger partial charge in [-0.1, -0.05) is 12.1 Å². The van der Waals surface area contributed by atoms with Crippen LogP contribution in [0.1, 0.15) is 15.9 Å². The summed E-state index contributed by atoms with van der Waals surface area (Å²) in [6, 6.07) is 6.88. The Bertz CT molecular complexity index is 422. The third kappa shape index (κ3) is 13.4. The zero-order valence-corrected chi connectivity index (χ0v) is 15.2. The summed E-state index contributed by atoms with van der Waals surface area (Å²) in [6.07, 6.45) is 0. The monoisotopic (exact) mass is 354 g/mol. The summed E-state index contributed by atoms with van der Waals surface area (Å²) in [7, 11) is 1.93. The van der Waals surface area contributed by atoms with Gasteiger partial charge in [-0.15, -0.1) is 0 Å². The zero-order chi connectivity index (χ0) is 18.8. The van der Waals surface area contributed by atoms with Gasteiger partial charge in [-0.3, -0.25) is 4.79 Å². The van der Waals surface area contributed by atoms with E-state index in [2.05, 4.69) is 21.3 Å². The number of nitrogens with two attached hydrogens (primary N) is 2. The lowest BCUT2D eigenvalue weighted by Gasteiger charge is -2.06. The third-order valence-electron chi connectivity index (χ3n) is 3.18. The third-order valence-corrected chi connectivity index (χ3v) is 3.18. The Balaban J connectivity index is 0.000000609. The average molecular weight is 354 g/mol. The molecule has 0 unspecified atom stereocenters. The molecule has 1 amide bonds. The number of carbonyl (C=O) groups is 1. The maximum Gasteiger partial charge on any atom is 0.251 e. The van der Waals surface area contributed by atoms with Gasteiger partial charge in [-0.2, -0.15) is 0 Å². The molecule has 1 aromatic carbocycles. The van der Waals surface area contributed by atoms with Crippen LogP contribution in [-0.4, -0.2) is 70.4 Å². The molecule has 25 heavy (non-hydrogen) atoms. The standard InChI is InChI=1S/C12H19N3O2.C5H15N3/c13-5-6-14-7-8-15-12(17)11-3-1-10(9-16)2-4-11;1-7-4-5-8-3-2-6/h1-4,14,16H,5-9,13H2,(H,15,17);7-8H,2-6H2,1H3. The predicted octanol–water partition coefficient (Wildman–Crippen LogP) is -1.79. The van der Waals surface area contributed by atoms with E-state index < -0.39 is 0 Å². The minimum Gasteiger partial charge on any atom is -0.392 e. The van der Waals surface area contributed by atoms with Gasteiger partial charge in [0.1, 0.15) is 0 Å². The van der Waals surface area contributed by atoms with Gasteiger partial charge >= 0.3 is 0 Å². The zero-order valence-electron chi connectivity index (χ0n) is 15.2. The molecule has 144 valence electrons. The van der Waals surface area contributed by atoms with Crippen LogP contribution in [0, 0.1) is 0 Å². The van der Waals surface area contributed by atoms with Gasteiger partial charge in [-0.25, -0.2) is 0 Å². The van der Waals surface area contributed by atoms with Crippen molar-refractivity contribution in [1.82, 2.24) is 21.3 Å². The molecule has 0 aromatic heterocycles. The quantitative estimate of drug-likeness (QED) is 0.220. The summed E-state index contributed by atoms with van der Waals surface area (Å²) in [5.74, 6) is -0.107. The molecule has 0 aliphatic carbocycles. The van der Waals surface area contributed by atoms with E-state index in [-0.39, 0.29) is 12.5 Å². The summed E-state index contributed by atoms with van der Waals surface area (Å²) in [5, 5.41) is 20.9. The van der Waals surface area contributed by atoms with Crippen molar-refractivity contribution in [3.63, 3.8) is 0 Å². The second-order valence-electron chi connectivity index (χ2n) is 5.29. The van der Waals surface area contributed by atoms with E-state index in [4.69, 9.17) is 16.6 Å². The van der Waals surface area contributed by atoms with Crippen LogP contribution in [0.15, 0.2) is 24.3 Å². The van der Waals surface area contributed by atoms with Crippen LogP contribution in [0.4, 0.5) is 0 Å². The average Bonchev–Trinajstić information content (AvgIpc) is 2.65. The van der Waals surface area contributed by atoms with E-state index in [1.54, 1.807) is 24.3 Å². The number of benzene rings is 1. The Labute approximate surface area is 150 Å². The summed E-state index contributed by atoms with van der Waals surface area (Å²) >= 11 is 0. The number of hydrogen-bond donors (Lipinski definition) is 7. The maximum absolute atomic E-state index is 11.7. The molecule has 0 fully saturated rings. The molecule has 0 saturated heterocycles. The fourth-order valence-corrected chi connectivity index (χ4v) is 1.80. The Morgan fingerprint density at radius 1 is 0.920 bits per heavy atom. The topological polar surface area (TPSA) is 137 Å². The Morgan fingerprint density at radius 3 is 1.96 bits per heavy atom. The fourth-order valence-electron chi connectivity index (χ4n) is 1.80. The molecule has 0 bridgehead atoms. The van der Waals surface area contributed by atoms with Crippen LogP contribution in [0.3, 0.4) is 0 Å². The molecule has 8 heteroatoms. The second kappa shape index (κ2) is 17.3. The largest absolute Gasteiger partial charge is 0.392 e. The maximum atomic E-state index is 11.7. The predicted molar refractivity (Wildman–Crippen MR) is 102 cm³/mol. The highest BCUT2D eigenvalue weighted by molar-refractivity contribution is 5.94. The van der Waals surface area contributed by atoms with Gasteiger partial charge in [0.2, 0.25) is 0 Å². The van der Waals surface area contributed by atoms with Gasteiger partial charge < -0.3 is 37.8 Å². The van der Waals surface area contributed by atoms with Crippen LogP contribution in [0.2, 0.25) is 0 Å². The van der Waals surface area contributed by atoms with E-state index in [0.29, 0.717) is 25.2 Å². The Morgan fingerprint density at radius 2 is 1.48 bits per heavy atom. The summed E-state index contributed by atoms with van der Waals surface area (Å²) < 4.78 is 0. The molecule has 1 rings (SSSR count). The minimum absolute atomic E-state index is 0.00902. The second-order valence-corrected chi connectivity index (χ2v) is 5.29. The van der Waals surface area contributed by atoms with Crippen LogP contribution in [0.25, 0.3) is 0 Å². The van der Waals surface area contributed by atoms with Crippen molar-refractivity contribution in [2.45, 2.75) is 6.61 Å². The molecule has 0 atom stereocenters. The van der Waals surface area contributed by atoms with Gasteiger partial charge in [-0.05, 0) is 24.7 Å². The highest BCUT2D eigenvalue weighted by Crippen LogP contribution is 2.03. The molecule has 0 aliphatic heterocycles. The first-order valence-electron chi connectivity index (χ1n) is 8.63. The first kappa shape index (κ1) is 23.4. The molecule has 9 N–H and O–H groups in total. The highest BCUT2D eigenvalue weighted by Gasteiger charge is 2.03. The summed E-state index contributed by atoms with van der Waals surface area (Å²) in [4.78, 5) is 11.7. The van der Waals surface area contributed by atoms with E-state index >= 15 is 0 Å². The van der Waals surface area contributed by atoms with Crippen LogP contribution in [0.5, 0.6) is 0 Å². The highest BCUT2D eigenvalue weighted by atomic mass is 16.3. The van der Waals surface area contributed by atoms with Gasteiger partial charge in [0, 0.05) is 57.9 Å². The number of nitrogens with one attached hydrogen (secondary N) is 4. The van der Waals surface area contributed by atoms with Crippen molar-refractivity contribution in [2.24, 2.45) is 11.5 Å². The van der Waals surface area contributed by atoms with Crippen molar-refractivity contribution in [2.75, 3.05) is 59.4 Å². The number of hydrogen-bond acceptors (Lipinski definition) is 7. The number of aliphatic hydroxyl groups is 1. The molecule has 1 aromatic rings. The molecule has 0 spiro atoms. The normalized spacial score (nSPS) is 10.1. The van der Waals surface area contributed by atoms with Crippen molar-refractivity contribution in [3.8, 4) is 0 Å². The smallest absolute Gasteiger partial charge is 0.251 e. The number of amides is 1. The van der Waals surface area contributed by atoms with E-state index in [1.807, 2.05) is 7.05 Å². The van der Waals surface area contributed by atoms with Gasteiger partial charge in [0.15, 0.2) is 0 Å². The lowest BCUT2D eigenvalue weighted by atomic mass is 10.1. The molecular formula is C17H34N6O2. The molecule has 8 nitrogen and oxygen atoms in total. The van der Waals surface area contributed by atoms with Crippen LogP contribution in [-0.2, 0) is 6.61 Å². The molecule has 0 heterocycles. The van der Waals surface area contributed by atoms with E-state index in [0.717, 1.165) is 38.3 Å². The number of aliphatic hydroxyl groups excluding tert-OH is 1. The first-order chi connectivity index (χ1) is 12.2. The molecule has 0 aliphatic rings. The summed E-state index contributed by atoms with van der Waals surface area (Å²) in [6.45, 7) is 6.28. The van der Waals surface area contributed by atoms with Crippen LogP contribution < -0.4 is 32.7 Å². The SMILES string of the molecule is CNCCNCCN.NCCNCCNC(=O)c1ccc(CO)cc1. The summed E-state index contributed by atoms with van der Waals surface area (Å²) in [5.41, 5.74) is 11.9.